The van der Waals surface area contributed by atoms with Gasteiger partial charge in [-0.1, -0.05) is 19.1 Å². The van der Waals surface area contributed by atoms with Crippen molar-refractivity contribution >= 4 is 38.9 Å². The number of hydrogen-bond donors (Lipinski definition) is 2. The van der Waals surface area contributed by atoms with Crippen LogP contribution in [0.15, 0.2) is 40.6 Å². The summed E-state index contributed by atoms with van der Waals surface area (Å²) in [4.78, 5) is 26.2. The molecule has 2 heterocycles. The van der Waals surface area contributed by atoms with E-state index in [9.17, 15) is 18.0 Å². The minimum atomic E-state index is -3.60. The van der Waals surface area contributed by atoms with Gasteiger partial charge in [0.25, 0.3) is 15.9 Å². The van der Waals surface area contributed by atoms with Crippen molar-refractivity contribution in [2.45, 2.75) is 37.3 Å². The molecule has 1 fully saturated rings. The van der Waals surface area contributed by atoms with E-state index in [4.69, 9.17) is 0 Å². The highest BCUT2D eigenvalue weighted by Gasteiger charge is 2.34. The predicted octanol–water partition coefficient (Wildman–Crippen LogP) is 3.24. The predicted molar refractivity (Wildman–Crippen MR) is 118 cm³/mol. The summed E-state index contributed by atoms with van der Waals surface area (Å²) >= 11 is 1.24. The zero-order valence-electron chi connectivity index (χ0n) is 17.2. The number of sulfonamides is 1. The van der Waals surface area contributed by atoms with Crippen LogP contribution in [0.2, 0.25) is 0 Å². The summed E-state index contributed by atoms with van der Waals surface area (Å²) in [5.41, 5.74) is 0.832. The molecule has 1 aliphatic rings. The first-order valence-electron chi connectivity index (χ1n) is 10.1. The number of aryl methyl sites for hydroxylation is 1. The Morgan fingerprint density at radius 1 is 1.20 bits per heavy atom. The number of hydrogen-bond acceptors (Lipinski definition) is 5. The van der Waals surface area contributed by atoms with Gasteiger partial charge in [0, 0.05) is 24.5 Å². The molecular weight excluding hydrogens is 422 g/mol. The molecule has 1 atom stereocenters. The highest BCUT2D eigenvalue weighted by Crippen LogP contribution is 2.29. The van der Waals surface area contributed by atoms with Gasteiger partial charge in [0.15, 0.2) is 0 Å². The smallest absolute Gasteiger partial charge is 0.253 e. The van der Waals surface area contributed by atoms with Crippen molar-refractivity contribution in [1.29, 1.82) is 0 Å². The molecule has 0 radical (unpaired) electrons. The van der Waals surface area contributed by atoms with Gasteiger partial charge in [-0.25, -0.2) is 8.42 Å². The quantitative estimate of drug-likeness (QED) is 0.678. The summed E-state index contributed by atoms with van der Waals surface area (Å²) in [7, 11) is -3.60. The largest absolute Gasteiger partial charge is 0.352 e. The fourth-order valence-corrected chi connectivity index (χ4v) is 6.37. The summed E-state index contributed by atoms with van der Waals surface area (Å²) in [6.07, 6.45) is 2.03. The zero-order valence-corrected chi connectivity index (χ0v) is 18.8. The van der Waals surface area contributed by atoms with Crippen molar-refractivity contribution in [1.82, 2.24) is 9.62 Å². The number of carbonyl (C=O) groups excluding carboxylic acids is 2. The van der Waals surface area contributed by atoms with Crippen molar-refractivity contribution in [3.05, 3.63) is 46.8 Å². The van der Waals surface area contributed by atoms with Gasteiger partial charge in [0.2, 0.25) is 5.91 Å². The van der Waals surface area contributed by atoms with Crippen LogP contribution in [-0.2, 0) is 14.8 Å². The number of anilines is 1. The van der Waals surface area contributed by atoms with Crippen LogP contribution in [0.1, 0.15) is 41.4 Å². The van der Waals surface area contributed by atoms with Gasteiger partial charge in [-0.15, -0.1) is 11.3 Å². The Morgan fingerprint density at radius 2 is 1.97 bits per heavy atom. The Kier molecular flexibility index (Phi) is 7.27. The van der Waals surface area contributed by atoms with E-state index >= 15 is 0 Å². The molecule has 1 aromatic carbocycles. The first kappa shape index (κ1) is 22.5. The van der Waals surface area contributed by atoms with Crippen molar-refractivity contribution in [2.24, 2.45) is 5.92 Å². The Morgan fingerprint density at radius 3 is 2.67 bits per heavy atom. The molecule has 1 saturated heterocycles. The zero-order chi connectivity index (χ0) is 21.7. The van der Waals surface area contributed by atoms with E-state index < -0.39 is 15.9 Å². The van der Waals surface area contributed by atoms with Crippen LogP contribution in [0, 0.1) is 12.8 Å². The minimum absolute atomic E-state index is 0.134. The molecule has 2 aromatic rings. The van der Waals surface area contributed by atoms with Gasteiger partial charge < -0.3 is 10.6 Å². The Balaban J connectivity index is 1.72. The summed E-state index contributed by atoms with van der Waals surface area (Å²) in [5.74, 6) is -0.983. The summed E-state index contributed by atoms with van der Waals surface area (Å²) < 4.78 is 27.5. The SMILES string of the molecule is CCCNC(=O)c1ccccc1NC(=O)[C@H]1CCCN(S(=O)(=O)c2ccc(C)s2)C1. The monoisotopic (exact) mass is 449 g/mol. The average molecular weight is 450 g/mol. The highest BCUT2D eigenvalue weighted by molar-refractivity contribution is 7.91. The van der Waals surface area contributed by atoms with E-state index in [1.165, 1.54) is 15.6 Å². The van der Waals surface area contributed by atoms with Crippen LogP contribution in [-0.4, -0.2) is 44.2 Å². The third-order valence-corrected chi connectivity index (χ3v) is 8.36. The molecule has 162 valence electrons. The lowest BCUT2D eigenvalue weighted by atomic mass is 9.98. The first-order chi connectivity index (χ1) is 14.3. The molecule has 1 aromatic heterocycles. The number of rotatable bonds is 7. The van der Waals surface area contributed by atoms with Crippen LogP contribution >= 0.6 is 11.3 Å². The van der Waals surface area contributed by atoms with Gasteiger partial charge in [-0.3, -0.25) is 9.59 Å². The Labute approximate surface area is 181 Å². The normalized spacial score (nSPS) is 17.5. The van der Waals surface area contributed by atoms with E-state index in [0.29, 0.717) is 41.4 Å². The lowest BCUT2D eigenvalue weighted by molar-refractivity contribution is -0.120. The molecule has 0 saturated carbocycles. The fraction of sp³-hybridized carbons (Fsp3) is 0.429. The number of amides is 2. The van der Waals surface area contributed by atoms with E-state index in [-0.39, 0.29) is 18.4 Å². The van der Waals surface area contributed by atoms with Crippen molar-refractivity contribution < 1.29 is 18.0 Å². The molecule has 0 unspecified atom stereocenters. The molecule has 3 rings (SSSR count). The molecule has 30 heavy (non-hydrogen) atoms. The second kappa shape index (κ2) is 9.72. The maximum Gasteiger partial charge on any atom is 0.253 e. The van der Waals surface area contributed by atoms with Crippen LogP contribution in [0.3, 0.4) is 0 Å². The molecule has 0 bridgehead atoms. The standard InChI is InChI=1S/C21H27N3O4S2/c1-3-12-22-21(26)17-8-4-5-9-18(17)23-20(25)16-7-6-13-24(14-16)30(27,28)19-11-10-15(2)29-19/h4-5,8-11,16H,3,6-7,12-14H2,1-2H3,(H,22,26)(H,23,25)/t16-/m0/s1. The number of carbonyl (C=O) groups is 2. The summed E-state index contributed by atoms with van der Waals surface area (Å²) in [6.45, 7) is 4.92. The molecule has 0 spiro atoms. The van der Waals surface area contributed by atoms with Crippen molar-refractivity contribution in [3.63, 3.8) is 0 Å². The summed E-state index contributed by atoms with van der Waals surface area (Å²) in [6, 6.07) is 10.2. The average Bonchev–Trinajstić information content (AvgIpc) is 3.19. The minimum Gasteiger partial charge on any atom is -0.352 e. The second-order valence-electron chi connectivity index (χ2n) is 7.36. The number of para-hydroxylation sites is 1. The van der Waals surface area contributed by atoms with Gasteiger partial charge in [0.05, 0.1) is 17.2 Å². The molecule has 1 aliphatic heterocycles. The first-order valence-corrected chi connectivity index (χ1v) is 12.3. The van der Waals surface area contributed by atoms with Crippen molar-refractivity contribution in [3.8, 4) is 0 Å². The maximum atomic E-state index is 12.9. The summed E-state index contributed by atoms with van der Waals surface area (Å²) in [5, 5.41) is 5.65. The van der Waals surface area contributed by atoms with E-state index in [1.54, 1.807) is 36.4 Å². The highest BCUT2D eigenvalue weighted by atomic mass is 32.2. The van der Waals surface area contributed by atoms with Gasteiger partial charge in [0.1, 0.15) is 4.21 Å². The Bertz CT molecular complexity index is 1020. The van der Waals surface area contributed by atoms with Gasteiger partial charge in [-0.05, 0) is 50.5 Å². The lowest BCUT2D eigenvalue weighted by Gasteiger charge is -2.31. The molecule has 0 aliphatic carbocycles. The van der Waals surface area contributed by atoms with Crippen LogP contribution in [0.25, 0.3) is 0 Å². The number of thiophene rings is 1. The van der Waals surface area contributed by atoms with Gasteiger partial charge in [-0.2, -0.15) is 4.31 Å². The number of nitrogens with zero attached hydrogens (tertiary/aromatic N) is 1. The Hall–Kier alpha value is -2.23. The molecule has 2 amide bonds. The number of benzene rings is 1. The molecular formula is C21H27N3O4S2. The van der Waals surface area contributed by atoms with Crippen LogP contribution < -0.4 is 10.6 Å². The number of piperidine rings is 1. The maximum absolute atomic E-state index is 12.9. The van der Waals surface area contributed by atoms with Crippen LogP contribution in [0.4, 0.5) is 5.69 Å². The van der Waals surface area contributed by atoms with E-state index in [2.05, 4.69) is 10.6 Å². The molecule has 9 heteroatoms. The number of nitrogens with one attached hydrogen (secondary N) is 2. The second-order valence-corrected chi connectivity index (χ2v) is 10.8. The van der Waals surface area contributed by atoms with Crippen LogP contribution in [0.5, 0.6) is 0 Å². The third kappa shape index (κ3) is 5.08. The van der Waals surface area contributed by atoms with E-state index in [1.807, 2.05) is 13.8 Å². The van der Waals surface area contributed by atoms with Crippen molar-refractivity contribution in [2.75, 3.05) is 25.0 Å². The molecule has 7 nitrogen and oxygen atoms in total. The third-order valence-electron chi connectivity index (χ3n) is 5.03. The lowest BCUT2D eigenvalue weighted by Crippen LogP contribution is -2.43. The van der Waals surface area contributed by atoms with E-state index in [0.717, 1.165) is 11.3 Å². The van der Waals surface area contributed by atoms with Gasteiger partial charge >= 0.3 is 0 Å². The fourth-order valence-electron chi connectivity index (χ4n) is 3.41. The molecule has 2 N–H and O–H groups in total. The topological polar surface area (TPSA) is 95.6 Å².